The number of benzene rings is 8. The zero-order valence-electron chi connectivity index (χ0n) is 27.4. The lowest BCUT2D eigenvalue weighted by molar-refractivity contribution is 1.28. The van der Waals surface area contributed by atoms with Crippen molar-refractivity contribution in [1.29, 1.82) is 0 Å². The summed E-state index contributed by atoms with van der Waals surface area (Å²) in [6, 6.07) is 72.2. The highest BCUT2D eigenvalue weighted by atomic mass is 32.1. The monoisotopic (exact) mass is 655 g/mol. The van der Waals surface area contributed by atoms with Crippen LogP contribution < -0.4 is 4.90 Å². The highest BCUT2D eigenvalue weighted by Crippen LogP contribution is 2.43. The van der Waals surface area contributed by atoms with E-state index in [2.05, 4.69) is 205 Å². The van der Waals surface area contributed by atoms with Crippen LogP contribution >= 0.6 is 11.3 Å². The van der Waals surface area contributed by atoms with Gasteiger partial charge in [-0.3, -0.25) is 0 Å². The molecule has 0 fully saturated rings. The fraction of sp³-hybridized carbons (Fsp3) is 0. The van der Waals surface area contributed by atoms with Gasteiger partial charge in [0.15, 0.2) is 0 Å². The molecule has 0 amide bonds. The Morgan fingerprint density at radius 1 is 0.280 bits per heavy atom. The molecule has 9 aromatic rings. The molecule has 236 valence electrons. The maximum Gasteiger partial charge on any atom is 0.0462 e. The third-order valence-electron chi connectivity index (χ3n) is 9.52. The van der Waals surface area contributed by atoms with Crippen LogP contribution in [-0.2, 0) is 0 Å². The molecular weight excluding hydrogens is 623 g/mol. The summed E-state index contributed by atoms with van der Waals surface area (Å²) in [5.41, 5.74) is 13.1. The van der Waals surface area contributed by atoms with E-state index < -0.39 is 0 Å². The second kappa shape index (κ2) is 13.0. The Bertz CT molecular complexity index is 2470. The molecule has 0 bridgehead atoms. The van der Waals surface area contributed by atoms with Crippen LogP contribution in [0.5, 0.6) is 0 Å². The van der Waals surface area contributed by atoms with Gasteiger partial charge in [-0.05, 0) is 81.4 Å². The minimum absolute atomic E-state index is 1.11. The Kier molecular flexibility index (Phi) is 7.77. The Labute approximate surface area is 297 Å². The van der Waals surface area contributed by atoms with Crippen LogP contribution in [0.4, 0.5) is 17.1 Å². The Hall–Kier alpha value is -6.22. The van der Waals surface area contributed by atoms with E-state index in [0.717, 1.165) is 17.1 Å². The first-order valence-corrected chi connectivity index (χ1v) is 17.8. The van der Waals surface area contributed by atoms with E-state index in [1.165, 1.54) is 64.7 Å². The highest BCUT2D eigenvalue weighted by molar-refractivity contribution is 7.26. The van der Waals surface area contributed by atoms with Gasteiger partial charge in [0.25, 0.3) is 0 Å². The lowest BCUT2D eigenvalue weighted by atomic mass is 9.93. The van der Waals surface area contributed by atoms with E-state index >= 15 is 0 Å². The van der Waals surface area contributed by atoms with Crippen molar-refractivity contribution in [3.05, 3.63) is 200 Å². The lowest BCUT2D eigenvalue weighted by Gasteiger charge is -2.26. The van der Waals surface area contributed by atoms with Gasteiger partial charge in [0.05, 0.1) is 0 Å². The standard InChI is InChI=1S/C48H33NS/c1-3-12-34(13-4-1)36-22-28-39(29-23-36)49(40-30-24-37(25-31-40)35-14-5-2-6-15-35)41-32-26-38(27-33-41)42-16-7-8-17-43(42)45-19-11-20-46-44-18-9-10-21-47(44)50-48(45)46/h1-33H. The molecule has 0 radical (unpaired) electrons. The van der Waals surface area contributed by atoms with Crippen LogP contribution in [-0.4, -0.2) is 0 Å². The first-order valence-electron chi connectivity index (χ1n) is 17.0. The number of nitrogens with zero attached hydrogens (tertiary/aromatic N) is 1. The Morgan fingerprint density at radius 2 is 0.700 bits per heavy atom. The van der Waals surface area contributed by atoms with E-state index in [4.69, 9.17) is 0 Å². The number of anilines is 3. The Balaban J connectivity index is 1.11. The maximum absolute atomic E-state index is 2.34. The molecule has 0 aliphatic rings. The van der Waals surface area contributed by atoms with E-state index in [-0.39, 0.29) is 0 Å². The average molecular weight is 656 g/mol. The number of thiophene rings is 1. The van der Waals surface area contributed by atoms with Gasteiger partial charge in [0, 0.05) is 42.8 Å². The van der Waals surface area contributed by atoms with Gasteiger partial charge >= 0.3 is 0 Å². The smallest absolute Gasteiger partial charge is 0.0462 e. The molecule has 0 N–H and O–H groups in total. The molecule has 0 aliphatic carbocycles. The zero-order chi connectivity index (χ0) is 33.3. The zero-order valence-corrected chi connectivity index (χ0v) is 28.2. The van der Waals surface area contributed by atoms with Gasteiger partial charge < -0.3 is 4.90 Å². The summed E-state index contributed by atoms with van der Waals surface area (Å²) >= 11 is 1.88. The maximum atomic E-state index is 2.34. The van der Waals surface area contributed by atoms with Gasteiger partial charge in [0.1, 0.15) is 0 Å². The SMILES string of the molecule is c1ccc(-c2ccc(N(c3ccc(-c4ccccc4)cc3)c3ccc(-c4ccccc4-c4cccc5c4sc4ccccc45)cc3)cc2)cc1. The summed E-state index contributed by atoms with van der Waals surface area (Å²) in [6.07, 6.45) is 0. The van der Waals surface area contributed by atoms with Crippen LogP contribution in [0.3, 0.4) is 0 Å². The summed E-state index contributed by atoms with van der Waals surface area (Å²) in [5, 5.41) is 2.64. The van der Waals surface area contributed by atoms with Crippen LogP contribution in [0.2, 0.25) is 0 Å². The molecule has 9 rings (SSSR count). The van der Waals surface area contributed by atoms with Crippen molar-refractivity contribution in [2.75, 3.05) is 4.90 Å². The molecule has 0 unspecified atom stereocenters. The van der Waals surface area contributed by atoms with Crippen LogP contribution in [0.25, 0.3) is 64.7 Å². The summed E-state index contributed by atoms with van der Waals surface area (Å²) in [5.74, 6) is 0. The lowest BCUT2D eigenvalue weighted by Crippen LogP contribution is -2.09. The molecular formula is C48H33NS. The van der Waals surface area contributed by atoms with Crippen molar-refractivity contribution < 1.29 is 0 Å². The third kappa shape index (κ3) is 5.56. The Morgan fingerprint density at radius 3 is 1.28 bits per heavy atom. The predicted octanol–water partition coefficient (Wildman–Crippen LogP) is 14.2. The molecule has 50 heavy (non-hydrogen) atoms. The van der Waals surface area contributed by atoms with E-state index in [0.29, 0.717) is 0 Å². The fourth-order valence-corrected chi connectivity index (χ4v) is 8.26. The molecule has 0 atom stereocenters. The molecule has 2 heteroatoms. The third-order valence-corrected chi connectivity index (χ3v) is 10.7. The normalized spacial score (nSPS) is 11.2. The van der Waals surface area contributed by atoms with Gasteiger partial charge in [0.2, 0.25) is 0 Å². The fourth-order valence-electron chi connectivity index (χ4n) is 7.03. The van der Waals surface area contributed by atoms with Crippen molar-refractivity contribution in [3.8, 4) is 44.5 Å². The first-order chi connectivity index (χ1) is 24.8. The number of hydrogen-bond donors (Lipinski definition) is 0. The first kappa shape index (κ1) is 29.9. The molecule has 8 aromatic carbocycles. The summed E-state index contributed by atoms with van der Waals surface area (Å²) in [4.78, 5) is 2.34. The van der Waals surface area contributed by atoms with Gasteiger partial charge in [-0.25, -0.2) is 0 Å². The summed E-state index contributed by atoms with van der Waals surface area (Å²) in [7, 11) is 0. The number of fused-ring (bicyclic) bond motifs is 3. The topological polar surface area (TPSA) is 3.24 Å². The second-order valence-electron chi connectivity index (χ2n) is 12.5. The molecule has 1 nitrogen and oxygen atoms in total. The minimum atomic E-state index is 1.11. The second-order valence-corrected chi connectivity index (χ2v) is 13.6. The van der Waals surface area contributed by atoms with Crippen molar-refractivity contribution in [2.45, 2.75) is 0 Å². The highest BCUT2D eigenvalue weighted by Gasteiger charge is 2.16. The van der Waals surface area contributed by atoms with Crippen molar-refractivity contribution in [1.82, 2.24) is 0 Å². The quantitative estimate of drug-likeness (QED) is 0.165. The molecule has 0 saturated carbocycles. The molecule has 0 spiro atoms. The van der Waals surface area contributed by atoms with E-state index in [1.807, 2.05) is 11.3 Å². The number of hydrogen-bond acceptors (Lipinski definition) is 2. The minimum Gasteiger partial charge on any atom is -0.311 e. The van der Waals surface area contributed by atoms with Crippen LogP contribution in [0.15, 0.2) is 200 Å². The largest absolute Gasteiger partial charge is 0.311 e. The molecule has 1 heterocycles. The van der Waals surface area contributed by atoms with Crippen molar-refractivity contribution in [3.63, 3.8) is 0 Å². The molecule has 0 aliphatic heterocycles. The van der Waals surface area contributed by atoms with E-state index in [1.54, 1.807) is 0 Å². The average Bonchev–Trinajstić information content (AvgIpc) is 3.59. The van der Waals surface area contributed by atoms with E-state index in [9.17, 15) is 0 Å². The van der Waals surface area contributed by atoms with Crippen LogP contribution in [0.1, 0.15) is 0 Å². The van der Waals surface area contributed by atoms with Crippen molar-refractivity contribution in [2.24, 2.45) is 0 Å². The summed E-state index contributed by atoms with van der Waals surface area (Å²) in [6.45, 7) is 0. The van der Waals surface area contributed by atoms with Gasteiger partial charge in [-0.1, -0.05) is 158 Å². The van der Waals surface area contributed by atoms with Crippen LogP contribution in [0, 0.1) is 0 Å². The predicted molar refractivity (Wildman–Crippen MR) is 216 cm³/mol. The molecule has 1 aromatic heterocycles. The van der Waals surface area contributed by atoms with Crippen molar-refractivity contribution >= 4 is 48.6 Å². The number of rotatable bonds is 7. The summed E-state index contributed by atoms with van der Waals surface area (Å²) < 4.78 is 2.66. The van der Waals surface area contributed by atoms with Gasteiger partial charge in [-0.15, -0.1) is 11.3 Å². The van der Waals surface area contributed by atoms with Gasteiger partial charge in [-0.2, -0.15) is 0 Å². The molecule has 0 saturated heterocycles.